The molecule has 0 aliphatic carbocycles. The average Bonchev–Trinajstić information content (AvgIpc) is 2.41. The highest BCUT2D eigenvalue weighted by Gasteiger charge is 2.13. The molecular weight excluding hydrogens is 530 g/mol. The number of aromatic hydroxyl groups is 1. The van der Waals surface area contributed by atoms with Crippen molar-refractivity contribution in [3.05, 3.63) is 53.3 Å². The molecule has 0 unspecified atom stereocenters. The third-order valence-corrected chi connectivity index (χ3v) is 5.81. The van der Waals surface area contributed by atoms with E-state index in [-0.39, 0.29) is 5.75 Å². The van der Waals surface area contributed by atoms with Gasteiger partial charge < -0.3 is 10.8 Å². The van der Waals surface area contributed by atoms with Crippen molar-refractivity contribution in [2.75, 3.05) is 5.73 Å². The predicted octanol–water partition coefficient (Wildman–Crippen LogP) is 6.37. The van der Waals surface area contributed by atoms with Crippen molar-refractivity contribution in [2.24, 2.45) is 0 Å². The summed E-state index contributed by atoms with van der Waals surface area (Å²) in [5, 5.41) is 9.77. The molecule has 2 nitrogen and oxygen atoms in total. The lowest BCUT2D eigenvalue weighted by atomic mass is 9.93. The molecule has 2 rings (SSSR count). The second-order valence-corrected chi connectivity index (χ2v) is 8.33. The molecule has 0 heterocycles. The molecule has 0 amide bonds. The number of hydrogen-bond donors (Lipinski definition) is 2. The summed E-state index contributed by atoms with van der Waals surface area (Å²) < 4.78 is 3.18. The number of hydrogen-bond acceptors (Lipinski definition) is 2. The maximum atomic E-state index is 9.77. The van der Waals surface area contributed by atoms with Crippen LogP contribution in [0.3, 0.4) is 0 Å². The zero-order valence-electron chi connectivity index (χ0n) is 11.1. The molecule has 2 aromatic rings. The van der Waals surface area contributed by atoms with Crippen LogP contribution in [-0.4, -0.2) is 5.11 Å². The molecule has 21 heavy (non-hydrogen) atoms. The first-order valence-electron chi connectivity index (χ1n) is 6.21. The number of phenols is 1. The Hall–Kier alpha value is -0.0400. The van der Waals surface area contributed by atoms with Crippen LogP contribution in [0.5, 0.6) is 5.75 Å². The van der Waals surface area contributed by atoms with Crippen LogP contribution >= 0.6 is 63.7 Å². The van der Waals surface area contributed by atoms with Gasteiger partial charge in [0.2, 0.25) is 0 Å². The second kappa shape index (κ2) is 7.02. The third-order valence-electron chi connectivity index (χ3n) is 3.29. The van der Waals surface area contributed by atoms with E-state index in [0.717, 1.165) is 20.9 Å². The molecule has 0 saturated carbocycles. The molecule has 0 aliphatic heterocycles. The summed E-state index contributed by atoms with van der Waals surface area (Å²) in [6.07, 6.45) is 0.861. The minimum Gasteiger partial charge on any atom is -0.506 e. The molecule has 0 fully saturated rings. The van der Waals surface area contributed by atoms with E-state index in [0.29, 0.717) is 20.6 Å². The molecule has 0 bridgehead atoms. The Kier molecular flexibility index (Phi) is 5.79. The number of phenolic OH excluding ortho intramolecular Hbond substituents is 1. The maximum Gasteiger partial charge on any atom is 0.143 e. The van der Waals surface area contributed by atoms with Crippen LogP contribution in [0.25, 0.3) is 0 Å². The lowest BCUT2D eigenvalue weighted by molar-refractivity contribution is 0.468. The first kappa shape index (κ1) is 17.3. The van der Waals surface area contributed by atoms with Crippen molar-refractivity contribution in [1.29, 1.82) is 0 Å². The van der Waals surface area contributed by atoms with Gasteiger partial charge in [-0.2, -0.15) is 0 Å². The Morgan fingerprint density at radius 3 is 1.90 bits per heavy atom. The summed E-state index contributed by atoms with van der Waals surface area (Å²) >= 11 is 13.7. The highest BCUT2D eigenvalue weighted by molar-refractivity contribution is 9.11. The summed E-state index contributed by atoms with van der Waals surface area (Å²) in [6, 6.07) is 7.99. The lowest BCUT2D eigenvalue weighted by Gasteiger charge is -2.15. The van der Waals surface area contributed by atoms with Gasteiger partial charge in [0.15, 0.2) is 0 Å². The quantitative estimate of drug-likeness (QED) is 0.443. The number of benzene rings is 2. The average molecular weight is 543 g/mol. The van der Waals surface area contributed by atoms with Crippen LogP contribution in [0.15, 0.2) is 42.2 Å². The largest absolute Gasteiger partial charge is 0.506 e. The fourth-order valence-corrected chi connectivity index (χ4v) is 4.60. The van der Waals surface area contributed by atoms with Crippen molar-refractivity contribution < 1.29 is 5.11 Å². The molecule has 1 atom stereocenters. The maximum absolute atomic E-state index is 9.77. The SMILES string of the molecule is C[C@H](Cc1cc(Br)c(O)c(Br)c1)c1cc(Br)c(N)c(Br)c1. The monoisotopic (exact) mass is 539 g/mol. The molecule has 0 aromatic heterocycles. The van der Waals surface area contributed by atoms with Crippen molar-refractivity contribution in [3.8, 4) is 5.75 Å². The number of nitrogens with two attached hydrogens (primary N) is 1. The molecule has 3 N–H and O–H groups in total. The van der Waals surface area contributed by atoms with Crippen LogP contribution in [-0.2, 0) is 6.42 Å². The topological polar surface area (TPSA) is 46.2 Å². The minimum absolute atomic E-state index is 0.226. The normalized spacial score (nSPS) is 12.4. The Balaban J connectivity index is 2.28. The van der Waals surface area contributed by atoms with Crippen LogP contribution in [0, 0.1) is 0 Å². The third kappa shape index (κ3) is 4.03. The number of anilines is 1. The predicted molar refractivity (Wildman–Crippen MR) is 102 cm³/mol. The number of rotatable bonds is 3. The van der Waals surface area contributed by atoms with Gasteiger partial charge >= 0.3 is 0 Å². The van der Waals surface area contributed by atoms with Crippen molar-refractivity contribution >= 4 is 69.4 Å². The van der Waals surface area contributed by atoms with Crippen molar-refractivity contribution in [1.82, 2.24) is 0 Å². The fraction of sp³-hybridized carbons (Fsp3) is 0.200. The van der Waals surface area contributed by atoms with Gasteiger partial charge in [0.1, 0.15) is 5.75 Å². The number of halogens is 4. The summed E-state index contributed by atoms with van der Waals surface area (Å²) in [6.45, 7) is 2.17. The van der Waals surface area contributed by atoms with Gasteiger partial charge in [-0.1, -0.05) is 6.92 Å². The van der Waals surface area contributed by atoms with Gasteiger partial charge in [-0.15, -0.1) is 0 Å². The van der Waals surface area contributed by atoms with E-state index in [1.165, 1.54) is 5.56 Å². The van der Waals surface area contributed by atoms with E-state index < -0.39 is 0 Å². The van der Waals surface area contributed by atoms with E-state index >= 15 is 0 Å². The van der Waals surface area contributed by atoms with Crippen molar-refractivity contribution in [3.63, 3.8) is 0 Å². The Bertz CT molecular complexity index is 641. The van der Waals surface area contributed by atoms with E-state index in [2.05, 4.69) is 82.8 Å². The molecule has 0 saturated heterocycles. The first-order valence-corrected chi connectivity index (χ1v) is 9.38. The summed E-state index contributed by atoms with van der Waals surface area (Å²) in [5.74, 6) is 0.547. The highest BCUT2D eigenvalue weighted by atomic mass is 79.9. The standard InChI is InChI=1S/C15H13Br4NO/c1-7(9-5-10(16)14(20)11(17)6-9)2-8-3-12(18)15(21)13(19)4-8/h3-7,21H,2,20H2,1H3/t7-/m1/s1. The van der Waals surface area contributed by atoms with E-state index in [4.69, 9.17) is 5.73 Å². The van der Waals surface area contributed by atoms with Gasteiger partial charge in [0, 0.05) is 8.95 Å². The minimum atomic E-state index is 0.226. The van der Waals surface area contributed by atoms with Crippen LogP contribution < -0.4 is 5.73 Å². The summed E-state index contributed by atoms with van der Waals surface area (Å²) in [5.41, 5.74) is 8.97. The second-order valence-electron chi connectivity index (χ2n) is 4.91. The Labute approximate surface area is 157 Å². The van der Waals surface area contributed by atoms with E-state index in [1.54, 1.807) is 0 Å². The van der Waals surface area contributed by atoms with Gasteiger partial charge in [-0.05, 0) is 111 Å². The Morgan fingerprint density at radius 1 is 0.952 bits per heavy atom. The van der Waals surface area contributed by atoms with Gasteiger partial charge in [0.25, 0.3) is 0 Å². The summed E-state index contributed by atoms with van der Waals surface area (Å²) in [4.78, 5) is 0. The molecular formula is C15H13Br4NO. The zero-order valence-corrected chi connectivity index (χ0v) is 17.5. The van der Waals surface area contributed by atoms with Crippen LogP contribution in [0.4, 0.5) is 5.69 Å². The van der Waals surface area contributed by atoms with Gasteiger partial charge in [-0.25, -0.2) is 0 Å². The lowest BCUT2D eigenvalue weighted by Crippen LogP contribution is -2.00. The molecule has 112 valence electrons. The number of nitrogen functional groups attached to an aromatic ring is 1. The highest BCUT2D eigenvalue weighted by Crippen LogP contribution is 2.36. The molecule has 6 heteroatoms. The smallest absolute Gasteiger partial charge is 0.143 e. The van der Waals surface area contributed by atoms with Crippen LogP contribution in [0.2, 0.25) is 0 Å². The van der Waals surface area contributed by atoms with Gasteiger partial charge in [-0.3, -0.25) is 0 Å². The summed E-state index contributed by atoms with van der Waals surface area (Å²) in [7, 11) is 0. The van der Waals surface area contributed by atoms with E-state index in [1.807, 2.05) is 12.1 Å². The molecule has 2 aromatic carbocycles. The molecule has 0 radical (unpaired) electrons. The van der Waals surface area contributed by atoms with Crippen LogP contribution in [0.1, 0.15) is 24.0 Å². The first-order chi connectivity index (χ1) is 9.79. The molecule has 0 aliphatic rings. The molecule has 0 spiro atoms. The fourth-order valence-electron chi connectivity index (χ4n) is 2.10. The van der Waals surface area contributed by atoms with Gasteiger partial charge in [0.05, 0.1) is 14.6 Å². The van der Waals surface area contributed by atoms with E-state index in [9.17, 15) is 5.11 Å². The Morgan fingerprint density at radius 2 is 1.43 bits per heavy atom. The zero-order chi connectivity index (χ0) is 15.7. The van der Waals surface area contributed by atoms with Crippen molar-refractivity contribution in [2.45, 2.75) is 19.3 Å².